The van der Waals surface area contributed by atoms with E-state index < -0.39 is 6.10 Å². The molecule has 0 aliphatic heterocycles. The van der Waals surface area contributed by atoms with Crippen LogP contribution in [0.25, 0.3) is 0 Å². The summed E-state index contributed by atoms with van der Waals surface area (Å²) < 4.78 is 16.6. The Morgan fingerprint density at radius 1 is 0.382 bits per heavy atom. The highest BCUT2D eigenvalue weighted by atomic mass is 16.6. The number of esters is 3. The standard InChI is InChI=1S/C49H94O6/c1-6-8-9-27-34-39-47(50)53-42-46(43-54-48(51)40-35-30-26-22-23-28-32-37-44(3)4)55-49(52)41-36-31-25-21-19-17-15-13-11-10-12-14-16-18-20-24-29-33-38-45(5)7-2/h44-46H,6-43H2,1-5H3/t45?,46-/m0/s1. The molecule has 6 nitrogen and oxygen atoms in total. The van der Waals surface area contributed by atoms with Crippen molar-refractivity contribution in [2.45, 2.75) is 272 Å². The van der Waals surface area contributed by atoms with E-state index in [-0.39, 0.29) is 31.1 Å². The van der Waals surface area contributed by atoms with Gasteiger partial charge in [-0.1, -0.05) is 227 Å². The van der Waals surface area contributed by atoms with Crippen LogP contribution in [0.5, 0.6) is 0 Å². The molecule has 0 aromatic carbocycles. The monoisotopic (exact) mass is 779 g/mol. The van der Waals surface area contributed by atoms with E-state index in [1.165, 1.54) is 148 Å². The average Bonchev–Trinajstić information content (AvgIpc) is 3.17. The van der Waals surface area contributed by atoms with Crippen molar-refractivity contribution in [3.63, 3.8) is 0 Å². The normalized spacial score (nSPS) is 12.5. The van der Waals surface area contributed by atoms with E-state index in [9.17, 15) is 14.4 Å². The highest BCUT2D eigenvalue weighted by molar-refractivity contribution is 5.71. The van der Waals surface area contributed by atoms with Crippen molar-refractivity contribution >= 4 is 17.9 Å². The van der Waals surface area contributed by atoms with Crippen molar-refractivity contribution in [1.82, 2.24) is 0 Å². The van der Waals surface area contributed by atoms with Crippen LogP contribution in [0.15, 0.2) is 0 Å². The third-order valence-electron chi connectivity index (χ3n) is 11.3. The average molecular weight is 779 g/mol. The lowest BCUT2D eigenvalue weighted by molar-refractivity contribution is -0.167. The Balaban J connectivity index is 4.05. The Bertz CT molecular complexity index is 841. The van der Waals surface area contributed by atoms with Crippen LogP contribution in [-0.4, -0.2) is 37.2 Å². The van der Waals surface area contributed by atoms with E-state index >= 15 is 0 Å². The van der Waals surface area contributed by atoms with Crippen molar-refractivity contribution in [3.8, 4) is 0 Å². The quantitative estimate of drug-likeness (QED) is 0.0348. The van der Waals surface area contributed by atoms with E-state index in [1.807, 2.05) is 0 Å². The fraction of sp³-hybridized carbons (Fsp3) is 0.939. The molecule has 0 aromatic rings. The second-order valence-corrected chi connectivity index (χ2v) is 17.5. The zero-order valence-electron chi connectivity index (χ0n) is 37.6. The van der Waals surface area contributed by atoms with Crippen LogP contribution in [-0.2, 0) is 28.6 Å². The maximum Gasteiger partial charge on any atom is 0.306 e. The summed E-state index contributed by atoms with van der Waals surface area (Å²) in [5.41, 5.74) is 0. The largest absolute Gasteiger partial charge is 0.462 e. The molecule has 0 bridgehead atoms. The summed E-state index contributed by atoms with van der Waals surface area (Å²) in [7, 11) is 0. The first kappa shape index (κ1) is 53.4. The van der Waals surface area contributed by atoms with Crippen LogP contribution in [0.2, 0.25) is 0 Å². The molecule has 0 heterocycles. The Labute approximate surface area is 342 Å². The molecule has 326 valence electrons. The lowest BCUT2D eigenvalue weighted by Gasteiger charge is -2.18. The molecule has 0 fully saturated rings. The fourth-order valence-corrected chi connectivity index (χ4v) is 7.25. The van der Waals surface area contributed by atoms with Crippen LogP contribution in [0.4, 0.5) is 0 Å². The molecule has 0 N–H and O–H groups in total. The molecule has 0 rings (SSSR count). The SMILES string of the molecule is CCCCCCCC(=O)OC[C@@H](COC(=O)CCCCCCCCCC(C)C)OC(=O)CCCCCCCCCCCCCCCCCCCCC(C)CC. The van der Waals surface area contributed by atoms with Crippen molar-refractivity contribution in [2.24, 2.45) is 11.8 Å². The Morgan fingerprint density at radius 3 is 1.04 bits per heavy atom. The molecule has 0 saturated heterocycles. The summed E-state index contributed by atoms with van der Waals surface area (Å²) in [5, 5.41) is 0. The minimum Gasteiger partial charge on any atom is -0.462 e. The number of unbranched alkanes of at least 4 members (excludes halogenated alkanes) is 27. The third-order valence-corrected chi connectivity index (χ3v) is 11.3. The summed E-state index contributed by atoms with van der Waals surface area (Å²) in [6, 6.07) is 0. The number of rotatable bonds is 43. The second kappa shape index (κ2) is 42.0. The van der Waals surface area contributed by atoms with Crippen LogP contribution in [0, 0.1) is 11.8 Å². The van der Waals surface area contributed by atoms with Gasteiger partial charge >= 0.3 is 17.9 Å². The molecule has 0 radical (unpaired) electrons. The Kier molecular flexibility index (Phi) is 40.8. The summed E-state index contributed by atoms with van der Waals surface area (Å²) in [6.07, 6.45) is 41.3. The highest BCUT2D eigenvalue weighted by Gasteiger charge is 2.19. The van der Waals surface area contributed by atoms with Gasteiger partial charge in [0.1, 0.15) is 13.2 Å². The van der Waals surface area contributed by atoms with E-state index in [0.717, 1.165) is 76.0 Å². The highest BCUT2D eigenvalue weighted by Crippen LogP contribution is 2.18. The maximum atomic E-state index is 12.7. The van der Waals surface area contributed by atoms with E-state index in [4.69, 9.17) is 14.2 Å². The van der Waals surface area contributed by atoms with Gasteiger partial charge in [-0.25, -0.2) is 0 Å². The zero-order valence-corrected chi connectivity index (χ0v) is 37.6. The molecular weight excluding hydrogens is 685 g/mol. The Hall–Kier alpha value is -1.59. The van der Waals surface area contributed by atoms with Crippen molar-refractivity contribution in [1.29, 1.82) is 0 Å². The van der Waals surface area contributed by atoms with Crippen LogP contribution in [0.3, 0.4) is 0 Å². The maximum absolute atomic E-state index is 12.7. The van der Waals surface area contributed by atoms with Crippen LogP contribution >= 0.6 is 0 Å². The van der Waals surface area contributed by atoms with Crippen molar-refractivity contribution < 1.29 is 28.6 Å². The van der Waals surface area contributed by atoms with Crippen molar-refractivity contribution in [3.05, 3.63) is 0 Å². The molecule has 0 aliphatic rings. The molecule has 6 heteroatoms. The molecule has 0 spiro atoms. The topological polar surface area (TPSA) is 78.9 Å². The van der Waals surface area contributed by atoms with Gasteiger partial charge in [0.2, 0.25) is 0 Å². The van der Waals surface area contributed by atoms with Gasteiger partial charge in [0.05, 0.1) is 0 Å². The van der Waals surface area contributed by atoms with Crippen LogP contribution < -0.4 is 0 Å². The predicted octanol–water partition coefficient (Wildman–Crippen LogP) is 15.4. The number of carbonyl (C=O) groups excluding carboxylic acids is 3. The summed E-state index contributed by atoms with van der Waals surface area (Å²) >= 11 is 0. The number of carbonyl (C=O) groups is 3. The summed E-state index contributed by atoms with van der Waals surface area (Å²) in [6.45, 7) is 11.3. The summed E-state index contributed by atoms with van der Waals surface area (Å²) in [4.78, 5) is 37.5. The fourth-order valence-electron chi connectivity index (χ4n) is 7.25. The molecule has 0 aromatic heterocycles. The van der Waals surface area contributed by atoms with E-state index in [2.05, 4.69) is 34.6 Å². The van der Waals surface area contributed by atoms with Gasteiger partial charge in [-0.3, -0.25) is 14.4 Å². The first-order chi connectivity index (χ1) is 26.8. The smallest absolute Gasteiger partial charge is 0.306 e. The van der Waals surface area contributed by atoms with Gasteiger partial charge in [0.25, 0.3) is 0 Å². The van der Waals surface area contributed by atoms with Gasteiger partial charge in [0, 0.05) is 19.3 Å². The molecule has 2 atom stereocenters. The van der Waals surface area contributed by atoms with Gasteiger partial charge in [-0.15, -0.1) is 0 Å². The number of hydrogen-bond donors (Lipinski definition) is 0. The van der Waals surface area contributed by atoms with Gasteiger partial charge < -0.3 is 14.2 Å². The molecule has 0 amide bonds. The number of ether oxygens (including phenoxy) is 3. The van der Waals surface area contributed by atoms with E-state index in [1.54, 1.807) is 0 Å². The van der Waals surface area contributed by atoms with E-state index in [0.29, 0.717) is 19.3 Å². The van der Waals surface area contributed by atoms with Gasteiger partial charge in [-0.2, -0.15) is 0 Å². The molecular formula is C49H94O6. The summed E-state index contributed by atoms with van der Waals surface area (Å²) in [5.74, 6) is 0.820. The minimum absolute atomic E-state index is 0.0664. The molecule has 55 heavy (non-hydrogen) atoms. The Morgan fingerprint density at radius 2 is 0.691 bits per heavy atom. The molecule has 0 saturated carbocycles. The molecule has 0 aliphatic carbocycles. The number of hydrogen-bond acceptors (Lipinski definition) is 6. The lowest BCUT2D eigenvalue weighted by Crippen LogP contribution is -2.30. The van der Waals surface area contributed by atoms with Crippen LogP contribution in [0.1, 0.15) is 266 Å². The van der Waals surface area contributed by atoms with Gasteiger partial charge in [-0.05, 0) is 31.1 Å². The zero-order chi connectivity index (χ0) is 40.5. The first-order valence-electron chi connectivity index (χ1n) is 24.3. The minimum atomic E-state index is -0.759. The third kappa shape index (κ3) is 41.9. The predicted molar refractivity (Wildman–Crippen MR) is 233 cm³/mol. The first-order valence-corrected chi connectivity index (χ1v) is 24.3. The van der Waals surface area contributed by atoms with Crippen molar-refractivity contribution in [2.75, 3.05) is 13.2 Å². The van der Waals surface area contributed by atoms with Gasteiger partial charge in [0.15, 0.2) is 6.10 Å². The molecule has 1 unspecified atom stereocenters. The second-order valence-electron chi connectivity index (χ2n) is 17.5. The lowest BCUT2D eigenvalue weighted by atomic mass is 9.99.